The van der Waals surface area contributed by atoms with E-state index in [-0.39, 0.29) is 5.91 Å². The molecule has 0 aliphatic carbocycles. The first-order valence-electron chi connectivity index (χ1n) is 9.83. The van der Waals surface area contributed by atoms with Crippen LogP contribution in [-0.2, 0) is 11.3 Å². The Morgan fingerprint density at radius 2 is 2.07 bits per heavy atom. The average molecular weight is 423 g/mol. The molecule has 5 nitrogen and oxygen atoms in total. The van der Waals surface area contributed by atoms with Gasteiger partial charge in [0, 0.05) is 49.1 Å². The Hall–Kier alpha value is -2.22. The quantitative estimate of drug-likeness (QED) is 0.685. The molecule has 1 fully saturated rings. The van der Waals surface area contributed by atoms with E-state index in [1.165, 1.54) is 15.8 Å². The fraction of sp³-hybridized carbons (Fsp3) is 0.318. The van der Waals surface area contributed by atoms with Crippen molar-refractivity contribution in [3.63, 3.8) is 0 Å². The summed E-state index contributed by atoms with van der Waals surface area (Å²) in [5.41, 5.74) is 3.56. The van der Waals surface area contributed by atoms with Crippen molar-refractivity contribution in [3.05, 3.63) is 64.4 Å². The number of nitrogens with one attached hydrogen (secondary N) is 1. The number of amides is 1. The molecule has 0 bridgehead atoms. The number of fused-ring (bicyclic) bond motifs is 2. The van der Waals surface area contributed by atoms with E-state index in [4.69, 9.17) is 4.98 Å². The van der Waals surface area contributed by atoms with Gasteiger partial charge >= 0.3 is 0 Å². The number of para-hydroxylation sites is 1. The van der Waals surface area contributed by atoms with E-state index >= 15 is 0 Å². The normalized spacial score (nSPS) is 22.1. The van der Waals surface area contributed by atoms with Crippen molar-refractivity contribution in [1.29, 1.82) is 0 Å². The monoisotopic (exact) mass is 422 g/mol. The minimum Gasteiger partial charge on any atom is -0.321 e. The highest BCUT2D eigenvalue weighted by Crippen LogP contribution is 2.50. The third-order valence-corrected chi connectivity index (χ3v) is 7.91. The lowest BCUT2D eigenvalue weighted by Gasteiger charge is -2.35. The predicted octanol–water partition coefficient (Wildman–Crippen LogP) is 4.13. The molecular formula is C22H22N4OS2. The summed E-state index contributed by atoms with van der Waals surface area (Å²) >= 11 is 3.54. The van der Waals surface area contributed by atoms with Crippen LogP contribution in [0.15, 0.2) is 53.8 Å². The van der Waals surface area contributed by atoms with Crippen molar-refractivity contribution in [2.45, 2.75) is 25.1 Å². The molecule has 0 saturated carbocycles. The van der Waals surface area contributed by atoms with Gasteiger partial charge < -0.3 is 5.32 Å². The largest absolute Gasteiger partial charge is 0.321 e. The highest BCUT2D eigenvalue weighted by atomic mass is 32.2. The van der Waals surface area contributed by atoms with Gasteiger partial charge in [-0.3, -0.25) is 14.7 Å². The van der Waals surface area contributed by atoms with E-state index in [1.807, 2.05) is 30.2 Å². The number of thiazole rings is 1. The van der Waals surface area contributed by atoms with Crippen molar-refractivity contribution in [2.24, 2.45) is 5.92 Å². The van der Waals surface area contributed by atoms with Gasteiger partial charge in [0.1, 0.15) is 5.01 Å². The molecule has 3 aromatic rings. The molecule has 2 aliphatic rings. The van der Waals surface area contributed by atoms with Crippen LogP contribution < -0.4 is 5.32 Å². The average Bonchev–Trinajstić information content (AvgIpc) is 3.28. The Bertz CT molecular complexity index is 1050. The second-order valence-electron chi connectivity index (χ2n) is 7.55. The van der Waals surface area contributed by atoms with Crippen LogP contribution in [0.1, 0.15) is 23.9 Å². The van der Waals surface area contributed by atoms with E-state index in [0.717, 1.165) is 41.6 Å². The molecular weight excluding hydrogens is 400 g/mol. The number of rotatable bonds is 4. The standard InChI is InChI=1S/C22H22N4OS2/c1-14(27)24-21-20(22-25-17-4-2-3-5-18(17)28-22)16-8-11-26(13-19(16)29-21)12-15-6-9-23-10-7-15/h2-7,9-10,16,19H,8,11-13H2,1H3,(H,24,27). The van der Waals surface area contributed by atoms with Crippen molar-refractivity contribution in [2.75, 3.05) is 13.1 Å². The van der Waals surface area contributed by atoms with Crippen LogP contribution in [0, 0.1) is 5.92 Å². The van der Waals surface area contributed by atoms with Crippen molar-refractivity contribution in [1.82, 2.24) is 20.2 Å². The molecule has 2 aliphatic heterocycles. The van der Waals surface area contributed by atoms with Crippen molar-refractivity contribution in [3.8, 4) is 0 Å². The van der Waals surface area contributed by atoms with Gasteiger partial charge in [-0.2, -0.15) is 0 Å². The molecule has 148 valence electrons. The first-order valence-corrected chi connectivity index (χ1v) is 11.5. The van der Waals surface area contributed by atoms with Gasteiger partial charge in [0.2, 0.25) is 5.91 Å². The summed E-state index contributed by atoms with van der Waals surface area (Å²) in [6.07, 6.45) is 4.79. The van der Waals surface area contributed by atoms with Gasteiger partial charge in [-0.25, -0.2) is 4.98 Å². The summed E-state index contributed by atoms with van der Waals surface area (Å²) in [6, 6.07) is 12.4. The number of pyridine rings is 1. The number of benzene rings is 1. The SMILES string of the molecule is CC(=O)NC1=C(c2nc3ccccc3s2)C2CCN(Cc3ccncc3)CC2S1. The highest BCUT2D eigenvalue weighted by Gasteiger charge is 2.41. The topological polar surface area (TPSA) is 58.1 Å². The molecule has 7 heteroatoms. The maximum absolute atomic E-state index is 11.9. The third-order valence-electron chi connectivity index (χ3n) is 5.50. The summed E-state index contributed by atoms with van der Waals surface area (Å²) in [5, 5.41) is 5.59. The third kappa shape index (κ3) is 3.82. The molecule has 1 aromatic carbocycles. The molecule has 1 amide bonds. The van der Waals surface area contributed by atoms with Crippen LogP contribution in [0.2, 0.25) is 0 Å². The lowest BCUT2D eigenvalue weighted by molar-refractivity contribution is -0.118. The van der Waals surface area contributed by atoms with Crippen LogP contribution in [0.3, 0.4) is 0 Å². The van der Waals surface area contributed by atoms with Gasteiger partial charge in [0.25, 0.3) is 0 Å². The molecule has 1 saturated heterocycles. The Balaban J connectivity index is 1.41. The zero-order valence-electron chi connectivity index (χ0n) is 16.2. The Morgan fingerprint density at radius 1 is 1.24 bits per heavy atom. The number of nitrogens with zero attached hydrogens (tertiary/aromatic N) is 3. The first-order chi connectivity index (χ1) is 14.2. The number of hydrogen-bond donors (Lipinski definition) is 1. The first kappa shape index (κ1) is 18.8. The van der Waals surface area contributed by atoms with Crippen molar-refractivity contribution < 1.29 is 4.79 Å². The number of aromatic nitrogens is 2. The number of hydrogen-bond acceptors (Lipinski definition) is 6. The summed E-state index contributed by atoms with van der Waals surface area (Å²) in [4.78, 5) is 23.4. The van der Waals surface area contributed by atoms with Crippen LogP contribution in [0.4, 0.5) is 0 Å². The molecule has 4 heterocycles. The molecule has 1 N–H and O–H groups in total. The Morgan fingerprint density at radius 3 is 2.86 bits per heavy atom. The summed E-state index contributed by atoms with van der Waals surface area (Å²) in [7, 11) is 0. The molecule has 2 unspecified atom stereocenters. The highest BCUT2D eigenvalue weighted by molar-refractivity contribution is 8.04. The number of carbonyl (C=O) groups excluding carboxylic acids is 1. The van der Waals surface area contributed by atoms with E-state index < -0.39 is 0 Å². The second-order valence-corrected chi connectivity index (χ2v) is 9.83. The van der Waals surface area contributed by atoms with Crippen LogP contribution in [0.5, 0.6) is 0 Å². The molecule has 2 atom stereocenters. The smallest absolute Gasteiger partial charge is 0.221 e. The lowest BCUT2D eigenvalue weighted by atomic mass is 9.89. The predicted molar refractivity (Wildman–Crippen MR) is 119 cm³/mol. The number of allylic oxidation sites excluding steroid dienone is 1. The number of likely N-dealkylation sites (tertiary alicyclic amines) is 1. The number of carbonyl (C=O) groups is 1. The van der Waals surface area contributed by atoms with Gasteiger partial charge in [0.15, 0.2) is 0 Å². The number of piperidine rings is 1. The minimum atomic E-state index is -0.0154. The van der Waals surface area contributed by atoms with E-state index in [2.05, 4.69) is 45.5 Å². The molecule has 29 heavy (non-hydrogen) atoms. The molecule has 2 aromatic heterocycles. The maximum Gasteiger partial charge on any atom is 0.221 e. The van der Waals surface area contributed by atoms with Crippen LogP contribution in [0.25, 0.3) is 15.8 Å². The second kappa shape index (κ2) is 7.89. The Kier molecular flexibility index (Phi) is 5.11. The van der Waals surface area contributed by atoms with Gasteiger partial charge in [0.05, 0.1) is 15.2 Å². The molecule has 5 rings (SSSR count). The summed E-state index contributed by atoms with van der Waals surface area (Å²) in [6.45, 7) is 4.58. The zero-order chi connectivity index (χ0) is 19.8. The number of thioether (sulfide) groups is 1. The molecule has 0 spiro atoms. The van der Waals surface area contributed by atoms with Gasteiger partial charge in [-0.1, -0.05) is 12.1 Å². The minimum absolute atomic E-state index is 0.0154. The lowest BCUT2D eigenvalue weighted by Crippen LogP contribution is -2.40. The van der Waals surface area contributed by atoms with Crippen LogP contribution >= 0.6 is 23.1 Å². The Labute approximate surface area is 178 Å². The molecule has 0 radical (unpaired) electrons. The van der Waals surface area contributed by atoms with Crippen molar-refractivity contribution >= 4 is 44.8 Å². The zero-order valence-corrected chi connectivity index (χ0v) is 17.8. The van der Waals surface area contributed by atoms with E-state index in [9.17, 15) is 4.79 Å². The van der Waals surface area contributed by atoms with Crippen LogP contribution in [-0.4, -0.2) is 39.1 Å². The summed E-state index contributed by atoms with van der Waals surface area (Å²) < 4.78 is 1.20. The van der Waals surface area contributed by atoms with Gasteiger partial charge in [-0.05, 0) is 42.8 Å². The fourth-order valence-corrected chi connectivity index (χ4v) is 6.95. The van der Waals surface area contributed by atoms with E-state index in [0.29, 0.717) is 11.2 Å². The fourth-order valence-electron chi connectivity index (χ4n) is 4.20. The maximum atomic E-state index is 11.9. The van der Waals surface area contributed by atoms with E-state index in [1.54, 1.807) is 18.3 Å². The summed E-state index contributed by atoms with van der Waals surface area (Å²) in [5.74, 6) is 0.412. The van der Waals surface area contributed by atoms with Gasteiger partial charge in [-0.15, -0.1) is 23.1 Å².